The van der Waals surface area contributed by atoms with E-state index in [0.29, 0.717) is 34.3 Å². The highest BCUT2D eigenvalue weighted by Gasteiger charge is 2.25. The van der Waals surface area contributed by atoms with Crippen LogP contribution in [0.5, 0.6) is 11.5 Å². The van der Waals surface area contributed by atoms with Crippen molar-refractivity contribution in [2.75, 3.05) is 30.1 Å². The third-order valence-electron chi connectivity index (χ3n) is 4.84. The zero-order valence-corrected chi connectivity index (χ0v) is 15.7. The second-order valence-corrected chi connectivity index (χ2v) is 7.15. The predicted octanol–water partition coefficient (Wildman–Crippen LogP) is 2.42. The Bertz CT molecular complexity index is 919. The molecule has 9 heteroatoms. The number of nitrogens with zero attached hydrogens (tertiary/aromatic N) is 2. The van der Waals surface area contributed by atoms with E-state index in [9.17, 15) is 9.59 Å². The zero-order valence-electron chi connectivity index (χ0n) is 15.0. The third-order valence-corrected chi connectivity index (χ3v) is 5.12. The normalized spacial score (nSPS) is 18.0. The Morgan fingerprint density at radius 3 is 2.89 bits per heavy atom. The number of fused-ring (bicyclic) bond motifs is 1. The Morgan fingerprint density at radius 1 is 1.29 bits per heavy atom. The van der Waals surface area contributed by atoms with Crippen molar-refractivity contribution in [2.45, 2.75) is 12.8 Å². The van der Waals surface area contributed by atoms with Gasteiger partial charge in [-0.1, -0.05) is 11.6 Å². The standard InChI is InChI=1S/C19H19ClN4O4/c20-14-6-12(7-15-17(14)28-10-27-15)19(26)23-13-3-4-16(22-8-13)24-5-1-2-11(9-24)18(21)25/h3-4,6-8,11H,1-2,5,9-10H2,(H2,21,25)(H,23,26). The molecule has 1 atom stereocenters. The summed E-state index contributed by atoms with van der Waals surface area (Å²) in [4.78, 5) is 30.4. The molecule has 146 valence electrons. The predicted molar refractivity (Wildman–Crippen MR) is 104 cm³/mol. The minimum absolute atomic E-state index is 0.0820. The van der Waals surface area contributed by atoms with Gasteiger partial charge in [0.15, 0.2) is 11.5 Å². The summed E-state index contributed by atoms with van der Waals surface area (Å²) >= 11 is 6.13. The van der Waals surface area contributed by atoms with Crippen LogP contribution in [0.1, 0.15) is 23.2 Å². The molecule has 2 aliphatic rings. The van der Waals surface area contributed by atoms with E-state index in [1.54, 1.807) is 18.3 Å². The van der Waals surface area contributed by atoms with Gasteiger partial charge in [-0.3, -0.25) is 9.59 Å². The molecule has 2 amide bonds. The first-order chi connectivity index (χ1) is 13.5. The number of benzene rings is 1. The van der Waals surface area contributed by atoms with Crippen LogP contribution in [0.15, 0.2) is 30.5 Å². The minimum Gasteiger partial charge on any atom is -0.454 e. The Balaban J connectivity index is 1.44. The number of hydrogen-bond donors (Lipinski definition) is 2. The summed E-state index contributed by atoms with van der Waals surface area (Å²) in [5, 5.41) is 3.11. The number of carbonyl (C=O) groups excluding carboxylic acids is 2. The molecule has 0 saturated carbocycles. The summed E-state index contributed by atoms with van der Waals surface area (Å²) in [6, 6.07) is 6.70. The molecular weight excluding hydrogens is 384 g/mol. The molecule has 3 N–H and O–H groups in total. The van der Waals surface area contributed by atoms with Gasteiger partial charge in [-0.05, 0) is 37.1 Å². The van der Waals surface area contributed by atoms with E-state index < -0.39 is 0 Å². The van der Waals surface area contributed by atoms with E-state index >= 15 is 0 Å². The number of halogens is 1. The third kappa shape index (κ3) is 3.68. The van der Waals surface area contributed by atoms with Gasteiger partial charge in [-0.15, -0.1) is 0 Å². The van der Waals surface area contributed by atoms with Crippen molar-refractivity contribution in [2.24, 2.45) is 11.7 Å². The molecule has 0 radical (unpaired) electrons. The fraction of sp³-hybridized carbons (Fsp3) is 0.316. The maximum absolute atomic E-state index is 12.5. The Hall–Kier alpha value is -3.00. The second kappa shape index (κ2) is 7.55. The lowest BCUT2D eigenvalue weighted by Gasteiger charge is -2.32. The first-order valence-electron chi connectivity index (χ1n) is 8.92. The van der Waals surface area contributed by atoms with Gasteiger partial charge in [-0.25, -0.2) is 4.98 Å². The molecule has 1 aromatic carbocycles. The topological polar surface area (TPSA) is 107 Å². The number of hydrogen-bond acceptors (Lipinski definition) is 6. The van der Waals surface area contributed by atoms with Crippen molar-refractivity contribution in [1.82, 2.24) is 4.98 Å². The van der Waals surface area contributed by atoms with Gasteiger partial charge in [0.05, 0.1) is 22.8 Å². The van der Waals surface area contributed by atoms with Crippen LogP contribution in [0, 0.1) is 5.92 Å². The highest BCUT2D eigenvalue weighted by atomic mass is 35.5. The smallest absolute Gasteiger partial charge is 0.255 e. The molecule has 4 rings (SSSR count). The molecule has 2 aliphatic heterocycles. The summed E-state index contributed by atoms with van der Waals surface area (Å²) in [5.74, 6) is 0.860. The number of nitrogens with one attached hydrogen (secondary N) is 1. The molecule has 0 aliphatic carbocycles. The Morgan fingerprint density at radius 2 is 2.14 bits per heavy atom. The molecule has 1 aromatic heterocycles. The molecule has 0 spiro atoms. The van der Waals surface area contributed by atoms with Gasteiger partial charge in [0.1, 0.15) is 5.82 Å². The first kappa shape index (κ1) is 18.4. The molecule has 1 fully saturated rings. The number of piperidine rings is 1. The van der Waals surface area contributed by atoms with Gasteiger partial charge in [0.2, 0.25) is 12.7 Å². The quantitative estimate of drug-likeness (QED) is 0.813. The van der Waals surface area contributed by atoms with Crippen molar-refractivity contribution in [3.8, 4) is 11.5 Å². The van der Waals surface area contributed by atoms with Crippen molar-refractivity contribution < 1.29 is 19.1 Å². The highest BCUT2D eigenvalue weighted by Crippen LogP contribution is 2.39. The summed E-state index contributed by atoms with van der Waals surface area (Å²) < 4.78 is 10.5. The van der Waals surface area contributed by atoms with Crippen LogP contribution in [0.3, 0.4) is 0 Å². The van der Waals surface area contributed by atoms with Gasteiger partial charge in [0, 0.05) is 18.7 Å². The fourth-order valence-corrected chi connectivity index (χ4v) is 3.63. The molecule has 1 unspecified atom stereocenters. The highest BCUT2D eigenvalue weighted by molar-refractivity contribution is 6.32. The van der Waals surface area contributed by atoms with Gasteiger partial charge < -0.3 is 25.4 Å². The average molecular weight is 403 g/mol. The molecule has 0 bridgehead atoms. The minimum atomic E-state index is -0.332. The van der Waals surface area contributed by atoms with Crippen LogP contribution in [0.25, 0.3) is 0 Å². The van der Waals surface area contributed by atoms with Crippen LogP contribution in [0.2, 0.25) is 5.02 Å². The average Bonchev–Trinajstić information content (AvgIpc) is 3.18. The molecule has 1 saturated heterocycles. The molecule has 2 aromatic rings. The summed E-state index contributed by atoms with van der Waals surface area (Å²) in [6.07, 6.45) is 3.27. The molecule has 8 nitrogen and oxygen atoms in total. The van der Waals surface area contributed by atoms with E-state index in [1.165, 1.54) is 6.07 Å². The monoisotopic (exact) mass is 402 g/mol. The van der Waals surface area contributed by atoms with Crippen LogP contribution >= 0.6 is 11.6 Å². The Labute approximate surface area is 166 Å². The van der Waals surface area contributed by atoms with Crippen LogP contribution in [0.4, 0.5) is 11.5 Å². The van der Waals surface area contributed by atoms with Gasteiger partial charge >= 0.3 is 0 Å². The van der Waals surface area contributed by atoms with Gasteiger partial charge in [-0.2, -0.15) is 0 Å². The van der Waals surface area contributed by atoms with Gasteiger partial charge in [0.25, 0.3) is 5.91 Å². The number of pyridine rings is 1. The number of amides is 2. The number of ether oxygens (including phenoxy) is 2. The SMILES string of the molecule is NC(=O)C1CCCN(c2ccc(NC(=O)c3cc(Cl)c4c(c3)OCO4)cn2)C1. The first-order valence-corrected chi connectivity index (χ1v) is 9.30. The Kier molecular flexibility index (Phi) is 4.95. The van der Waals surface area contributed by atoms with E-state index in [2.05, 4.69) is 10.3 Å². The summed E-state index contributed by atoms with van der Waals surface area (Å²) in [7, 11) is 0. The van der Waals surface area contributed by atoms with Crippen LogP contribution < -0.4 is 25.4 Å². The maximum Gasteiger partial charge on any atom is 0.255 e. The lowest BCUT2D eigenvalue weighted by molar-refractivity contribution is -0.122. The number of carbonyl (C=O) groups is 2. The number of nitrogens with two attached hydrogens (primary N) is 1. The van der Waals surface area contributed by atoms with E-state index in [4.69, 9.17) is 26.8 Å². The van der Waals surface area contributed by atoms with Crippen molar-refractivity contribution >= 4 is 34.9 Å². The van der Waals surface area contributed by atoms with Crippen molar-refractivity contribution in [3.05, 3.63) is 41.0 Å². The summed E-state index contributed by atoms with van der Waals surface area (Å²) in [6.45, 7) is 1.46. The molecule has 3 heterocycles. The lowest BCUT2D eigenvalue weighted by atomic mass is 9.97. The van der Waals surface area contributed by atoms with E-state index in [0.717, 1.165) is 25.2 Å². The fourth-order valence-electron chi connectivity index (χ4n) is 3.37. The lowest BCUT2D eigenvalue weighted by Crippen LogP contribution is -2.41. The van der Waals surface area contributed by atoms with Crippen LogP contribution in [-0.2, 0) is 4.79 Å². The molecule has 28 heavy (non-hydrogen) atoms. The van der Waals surface area contributed by atoms with E-state index in [1.807, 2.05) is 11.0 Å². The largest absolute Gasteiger partial charge is 0.454 e. The second-order valence-electron chi connectivity index (χ2n) is 6.74. The summed E-state index contributed by atoms with van der Waals surface area (Å²) in [5.41, 5.74) is 6.33. The van der Waals surface area contributed by atoms with Crippen molar-refractivity contribution in [1.29, 1.82) is 0 Å². The number of primary amides is 1. The van der Waals surface area contributed by atoms with E-state index in [-0.39, 0.29) is 24.5 Å². The zero-order chi connectivity index (χ0) is 19.7. The number of rotatable bonds is 4. The van der Waals surface area contributed by atoms with Crippen molar-refractivity contribution in [3.63, 3.8) is 0 Å². The maximum atomic E-state index is 12.5. The van der Waals surface area contributed by atoms with Crippen LogP contribution in [-0.4, -0.2) is 36.7 Å². The number of aromatic nitrogens is 1. The molecular formula is C19H19ClN4O4. The number of anilines is 2.